The zero-order valence-electron chi connectivity index (χ0n) is 19.6. The molecule has 2 N–H and O–H groups in total. The summed E-state index contributed by atoms with van der Waals surface area (Å²) in [5, 5.41) is 17.8. The summed E-state index contributed by atoms with van der Waals surface area (Å²) in [6.45, 7) is 0.417. The number of nitrogens with zero attached hydrogens (tertiary/aromatic N) is 4. The van der Waals surface area contributed by atoms with Crippen molar-refractivity contribution in [3.63, 3.8) is 0 Å². The summed E-state index contributed by atoms with van der Waals surface area (Å²) in [5.74, 6) is -2.62. The fourth-order valence-electron chi connectivity index (χ4n) is 4.61. The Morgan fingerprint density at radius 1 is 1.14 bits per heavy atom. The van der Waals surface area contributed by atoms with Crippen molar-refractivity contribution in [3.05, 3.63) is 66.0 Å². The zero-order valence-corrected chi connectivity index (χ0v) is 19.6. The van der Waals surface area contributed by atoms with Crippen LogP contribution in [0.5, 0.6) is 11.6 Å². The van der Waals surface area contributed by atoms with Crippen LogP contribution in [0.15, 0.2) is 48.8 Å². The third-order valence-corrected chi connectivity index (χ3v) is 6.64. The monoisotopic (exact) mass is 493 g/mol. The highest BCUT2D eigenvalue weighted by molar-refractivity contribution is 5.94. The second-order valence-electron chi connectivity index (χ2n) is 8.98. The van der Waals surface area contributed by atoms with Gasteiger partial charge in [0.2, 0.25) is 5.88 Å². The Morgan fingerprint density at radius 3 is 2.61 bits per heavy atom. The van der Waals surface area contributed by atoms with E-state index in [0.717, 1.165) is 54.3 Å². The molecular formula is C26H25F2N5O3. The van der Waals surface area contributed by atoms with Gasteiger partial charge in [-0.15, -0.1) is 0 Å². The molecule has 0 radical (unpaired) electrons. The Balaban J connectivity index is 1.19. The Hall–Kier alpha value is -4.08. The van der Waals surface area contributed by atoms with Gasteiger partial charge in [0.25, 0.3) is 5.91 Å². The number of halogens is 2. The van der Waals surface area contributed by atoms with Crippen molar-refractivity contribution in [3.8, 4) is 23.0 Å². The predicted octanol–water partition coefficient (Wildman–Crippen LogP) is 4.65. The molecule has 186 valence electrons. The molecule has 4 aromatic rings. The van der Waals surface area contributed by atoms with E-state index in [2.05, 4.69) is 15.3 Å². The number of carbonyl (C=O) groups excluding carboxylic acids is 1. The number of fused-ring (bicyclic) bond motifs is 1. The number of rotatable bonds is 6. The summed E-state index contributed by atoms with van der Waals surface area (Å²) >= 11 is 0. The van der Waals surface area contributed by atoms with E-state index < -0.39 is 23.3 Å². The first-order chi connectivity index (χ1) is 17.4. The standard InChI is InChI=1S/C26H25F2N5O3/c1-36-23-8-9-29-25(31-23)16-4-5-17-14-33(32-22(17)12-16)19-6-2-15(3-7-19)13-30-26(35)18-10-20(27)24(34)21(28)11-18/h4-5,8-12,14-15,19,34H,2-3,6-7,13H2,1H3,(H,30,35)/t15-,19-. The summed E-state index contributed by atoms with van der Waals surface area (Å²) in [7, 11) is 1.57. The molecule has 1 fully saturated rings. The molecule has 10 heteroatoms. The number of aromatic nitrogens is 4. The molecule has 36 heavy (non-hydrogen) atoms. The van der Waals surface area contributed by atoms with Gasteiger partial charge in [0, 0.05) is 41.5 Å². The van der Waals surface area contributed by atoms with Crippen molar-refractivity contribution in [1.82, 2.24) is 25.1 Å². The summed E-state index contributed by atoms with van der Waals surface area (Å²) in [4.78, 5) is 21.0. The van der Waals surface area contributed by atoms with Crippen LogP contribution in [-0.2, 0) is 0 Å². The smallest absolute Gasteiger partial charge is 0.251 e. The molecular weight excluding hydrogens is 468 g/mol. The summed E-state index contributed by atoms with van der Waals surface area (Å²) in [5.41, 5.74) is 1.57. The van der Waals surface area contributed by atoms with E-state index in [9.17, 15) is 18.7 Å². The fraction of sp³-hybridized carbons (Fsp3) is 0.308. The van der Waals surface area contributed by atoms with Crippen LogP contribution >= 0.6 is 0 Å². The number of carbonyl (C=O) groups is 1. The van der Waals surface area contributed by atoms with Gasteiger partial charge in [-0.3, -0.25) is 9.48 Å². The minimum Gasteiger partial charge on any atom is -0.503 e. The van der Waals surface area contributed by atoms with Crippen molar-refractivity contribution in [2.45, 2.75) is 31.7 Å². The molecule has 1 amide bonds. The lowest BCUT2D eigenvalue weighted by molar-refractivity contribution is 0.0940. The second-order valence-corrected chi connectivity index (χ2v) is 8.98. The Labute approximate surface area is 206 Å². The number of hydrogen-bond donors (Lipinski definition) is 2. The van der Waals surface area contributed by atoms with Gasteiger partial charge in [-0.05, 0) is 49.8 Å². The molecule has 8 nitrogen and oxygen atoms in total. The maximum Gasteiger partial charge on any atom is 0.251 e. The molecule has 2 aromatic heterocycles. The highest BCUT2D eigenvalue weighted by Crippen LogP contribution is 2.33. The molecule has 0 saturated heterocycles. The number of benzene rings is 2. The van der Waals surface area contributed by atoms with E-state index in [-0.39, 0.29) is 17.5 Å². The van der Waals surface area contributed by atoms with Crippen LogP contribution in [0.25, 0.3) is 22.3 Å². The number of ether oxygens (including phenoxy) is 1. The molecule has 2 aromatic carbocycles. The third-order valence-electron chi connectivity index (χ3n) is 6.64. The maximum absolute atomic E-state index is 13.5. The number of phenols is 1. The molecule has 5 rings (SSSR count). The fourth-order valence-corrected chi connectivity index (χ4v) is 4.61. The number of phenolic OH excluding ortho intramolecular Hbond substituents is 1. The maximum atomic E-state index is 13.5. The van der Waals surface area contributed by atoms with Gasteiger partial charge >= 0.3 is 0 Å². The lowest BCUT2D eigenvalue weighted by Gasteiger charge is -2.28. The Bertz CT molecular complexity index is 1390. The van der Waals surface area contributed by atoms with E-state index >= 15 is 0 Å². The average molecular weight is 494 g/mol. The largest absolute Gasteiger partial charge is 0.503 e. The molecule has 0 bridgehead atoms. The number of amides is 1. The lowest BCUT2D eigenvalue weighted by atomic mass is 9.86. The van der Waals surface area contributed by atoms with Crippen LogP contribution in [-0.4, -0.2) is 44.4 Å². The van der Waals surface area contributed by atoms with E-state index in [1.165, 1.54) is 0 Å². The van der Waals surface area contributed by atoms with E-state index in [1.54, 1.807) is 19.4 Å². The molecule has 0 spiro atoms. The first-order valence-corrected chi connectivity index (χ1v) is 11.7. The van der Waals surface area contributed by atoms with Crippen molar-refractivity contribution in [2.75, 3.05) is 13.7 Å². The van der Waals surface area contributed by atoms with Gasteiger partial charge < -0.3 is 15.2 Å². The van der Waals surface area contributed by atoms with Crippen molar-refractivity contribution in [2.24, 2.45) is 5.92 Å². The zero-order chi connectivity index (χ0) is 25.2. The normalized spacial score (nSPS) is 17.8. The van der Waals surface area contributed by atoms with E-state index in [0.29, 0.717) is 18.2 Å². The SMILES string of the molecule is COc1ccnc(-c2ccc3cn([C@H]4CC[C@H](CNC(=O)c5cc(F)c(O)c(F)c5)CC4)nc3c2)n1. The number of methoxy groups -OCH3 is 1. The molecule has 1 aliphatic carbocycles. The topological polar surface area (TPSA) is 102 Å². The Morgan fingerprint density at radius 2 is 1.89 bits per heavy atom. The molecule has 2 heterocycles. The first kappa shape index (κ1) is 23.7. The predicted molar refractivity (Wildman–Crippen MR) is 129 cm³/mol. The van der Waals surface area contributed by atoms with Crippen LogP contribution in [0, 0.1) is 17.6 Å². The van der Waals surface area contributed by atoms with Crippen LogP contribution in [0.4, 0.5) is 8.78 Å². The van der Waals surface area contributed by atoms with Crippen LogP contribution in [0.2, 0.25) is 0 Å². The minimum absolute atomic E-state index is 0.154. The average Bonchev–Trinajstić information content (AvgIpc) is 3.34. The van der Waals surface area contributed by atoms with Gasteiger partial charge in [0.1, 0.15) is 0 Å². The van der Waals surface area contributed by atoms with Gasteiger partial charge in [-0.25, -0.2) is 13.8 Å². The van der Waals surface area contributed by atoms with E-state index in [1.807, 2.05) is 29.1 Å². The summed E-state index contributed by atoms with van der Waals surface area (Å²) in [6.07, 6.45) is 7.30. The molecule has 0 unspecified atom stereocenters. The third kappa shape index (κ3) is 4.84. The summed E-state index contributed by atoms with van der Waals surface area (Å²) in [6, 6.07) is 9.56. The lowest BCUT2D eigenvalue weighted by Crippen LogP contribution is -2.31. The number of nitrogens with one attached hydrogen (secondary N) is 1. The number of hydrogen-bond acceptors (Lipinski definition) is 6. The van der Waals surface area contributed by atoms with Crippen molar-refractivity contribution < 1.29 is 23.4 Å². The van der Waals surface area contributed by atoms with Gasteiger partial charge in [0.05, 0.1) is 18.7 Å². The van der Waals surface area contributed by atoms with Gasteiger partial charge in [-0.1, -0.05) is 12.1 Å². The highest BCUT2D eigenvalue weighted by Gasteiger charge is 2.24. The van der Waals surface area contributed by atoms with Crippen LogP contribution in [0.3, 0.4) is 0 Å². The van der Waals surface area contributed by atoms with Crippen LogP contribution < -0.4 is 10.1 Å². The van der Waals surface area contributed by atoms with Gasteiger partial charge in [0.15, 0.2) is 23.2 Å². The second kappa shape index (κ2) is 9.88. The van der Waals surface area contributed by atoms with Gasteiger partial charge in [-0.2, -0.15) is 10.1 Å². The number of aromatic hydroxyl groups is 1. The van der Waals surface area contributed by atoms with Crippen molar-refractivity contribution >= 4 is 16.8 Å². The highest BCUT2D eigenvalue weighted by atomic mass is 19.1. The molecule has 1 saturated carbocycles. The summed E-state index contributed by atoms with van der Waals surface area (Å²) < 4.78 is 34.3. The first-order valence-electron chi connectivity index (χ1n) is 11.7. The van der Waals surface area contributed by atoms with Crippen molar-refractivity contribution in [1.29, 1.82) is 0 Å². The van der Waals surface area contributed by atoms with Crippen LogP contribution in [0.1, 0.15) is 42.1 Å². The molecule has 1 aliphatic rings. The van der Waals surface area contributed by atoms with E-state index in [4.69, 9.17) is 9.84 Å². The minimum atomic E-state index is -1.16. The Kier molecular flexibility index (Phi) is 6.49. The molecule has 0 aliphatic heterocycles. The quantitative estimate of drug-likeness (QED) is 0.406. The molecule has 0 atom stereocenters.